The fraction of sp³-hybridized carbons (Fsp3) is 0.391. The van der Waals surface area contributed by atoms with Crippen LogP contribution in [0.25, 0.3) is 0 Å². The van der Waals surface area contributed by atoms with Crippen LogP contribution in [-0.2, 0) is 4.79 Å². The van der Waals surface area contributed by atoms with Crippen LogP contribution in [0.3, 0.4) is 0 Å². The van der Waals surface area contributed by atoms with Crippen molar-refractivity contribution >= 4 is 17.5 Å². The first-order valence-corrected chi connectivity index (χ1v) is 9.93. The van der Waals surface area contributed by atoms with E-state index in [0.29, 0.717) is 11.3 Å². The smallest absolute Gasteiger partial charge is 0.262 e. The number of benzene rings is 2. The van der Waals surface area contributed by atoms with E-state index in [0.717, 1.165) is 29.7 Å². The number of carbonyl (C=O) groups excluding carboxylic acids is 2. The first-order chi connectivity index (χ1) is 13.5. The Morgan fingerprint density at radius 3 is 2.39 bits per heavy atom. The van der Waals surface area contributed by atoms with Gasteiger partial charge in [-0.25, -0.2) is 0 Å². The lowest BCUT2D eigenvalue weighted by Crippen LogP contribution is -2.36. The van der Waals surface area contributed by atoms with Gasteiger partial charge in [-0.1, -0.05) is 43.5 Å². The van der Waals surface area contributed by atoms with Gasteiger partial charge in [0.2, 0.25) is 0 Å². The van der Waals surface area contributed by atoms with Crippen molar-refractivity contribution in [1.82, 2.24) is 5.32 Å². The van der Waals surface area contributed by atoms with Crippen molar-refractivity contribution in [3.63, 3.8) is 0 Å². The molecule has 1 fully saturated rings. The number of hydrogen-bond acceptors (Lipinski definition) is 3. The molecule has 5 heteroatoms. The highest BCUT2D eigenvalue weighted by atomic mass is 16.5. The maximum atomic E-state index is 12.5. The van der Waals surface area contributed by atoms with Crippen LogP contribution in [0, 0.1) is 13.8 Å². The van der Waals surface area contributed by atoms with Gasteiger partial charge in [0.15, 0.2) is 6.61 Å². The second kappa shape index (κ2) is 9.40. The van der Waals surface area contributed by atoms with E-state index in [-0.39, 0.29) is 24.5 Å². The minimum atomic E-state index is -0.257. The number of para-hydroxylation sites is 1. The highest BCUT2D eigenvalue weighted by Crippen LogP contribution is 2.22. The molecule has 0 atom stereocenters. The summed E-state index contributed by atoms with van der Waals surface area (Å²) in [6.45, 7) is 3.83. The van der Waals surface area contributed by atoms with E-state index in [1.165, 1.54) is 19.3 Å². The van der Waals surface area contributed by atoms with Crippen LogP contribution in [-0.4, -0.2) is 24.5 Å². The van der Waals surface area contributed by atoms with E-state index in [1.807, 2.05) is 32.0 Å². The van der Waals surface area contributed by atoms with Gasteiger partial charge in [0.05, 0.1) is 0 Å². The highest BCUT2D eigenvalue weighted by Gasteiger charge is 2.17. The van der Waals surface area contributed by atoms with Crippen molar-refractivity contribution < 1.29 is 14.3 Å². The van der Waals surface area contributed by atoms with Gasteiger partial charge in [-0.3, -0.25) is 9.59 Å². The fourth-order valence-corrected chi connectivity index (χ4v) is 3.62. The largest absolute Gasteiger partial charge is 0.483 e. The lowest BCUT2D eigenvalue weighted by molar-refractivity contribution is -0.118. The number of amides is 2. The molecule has 0 aliphatic heterocycles. The maximum Gasteiger partial charge on any atom is 0.262 e. The molecule has 0 saturated heterocycles. The van der Waals surface area contributed by atoms with Crippen molar-refractivity contribution in [2.75, 3.05) is 11.9 Å². The molecule has 148 valence electrons. The summed E-state index contributed by atoms with van der Waals surface area (Å²) in [4.78, 5) is 24.8. The molecule has 2 N–H and O–H groups in total. The minimum absolute atomic E-state index is 0.0792. The standard InChI is InChI=1S/C23H28N2O3/c1-16-8-6-9-17(2)22(16)28-15-21(26)24-20-13-7-10-18(14-20)23(27)25-19-11-4-3-5-12-19/h6-10,13-14,19H,3-5,11-12,15H2,1-2H3,(H,24,26)(H,25,27). The Morgan fingerprint density at radius 2 is 1.68 bits per heavy atom. The van der Waals surface area contributed by atoms with Crippen molar-refractivity contribution in [3.8, 4) is 5.75 Å². The van der Waals surface area contributed by atoms with Crippen LogP contribution < -0.4 is 15.4 Å². The van der Waals surface area contributed by atoms with E-state index >= 15 is 0 Å². The molecule has 0 aromatic heterocycles. The molecule has 0 bridgehead atoms. The lowest BCUT2D eigenvalue weighted by atomic mass is 9.95. The van der Waals surface area contributed by atoms with Crippen LogP contribution in [0.15, 0.2) is 42.5 Å². The zero-order valence-electron chi connectivity index (χ0n) is 16.6. The van der Waals surface area contributed by atoms with Crippen LogP contribution in [0.1, 0.15) is 53.6 Å². The van der Waals surface area contributed by atoms with Crippen molar-refractivity contribution in [2.45, 2.75) is 52.0 Å². The number of anilines is 1. The first-order valence-electron chi connectivity index (χ1n) is 9.93. The van der Waals surface area contributed by atoms with E-state index in [1.54, 1.807) is 24.3 Å². The third-order valence-corrected chi connectivity index (χ3v) is 5.11. The van der Waals surface area contributed by atoms with E-state index in [9.17, 15) is 9.59 Å². The molecule has 2 amide bonds. The Morgan fingerprint density at radius 1 is 1.00 bits per heavy atom. The molecular weight excluding hydrogens is 352 g/mol. The predicted octanol–water partition coefficient (Wildman–Crippen LogP) is 4.38. The number of ether oxygens (including phenoxy) is 1. The molecule has 0 spiro atoms. The quantitative estimate of drug-likeness (QED) is 0.781. The van der Waals surface area contributed by atoms with Gasteiger partial charge in [0.25, 0.3) is 11.8 Å². The molecule has 2 aromatic carbocycles. The number of aryl methyl sites for hydroxylation is 2. The molecule has 5 nitrogen and oxygen atoms in total. The normalized spacial score (nSPS) is 14.4. The van der Waals surface area contributed by atoms with E-state index in [2.05, 4.69) is 10.6 Å². The summed E-state index contributed by atoms with van der Waals surface area (Å²) in [6, 6.07) is 13.1. The Labute approximate surface area is 166 Å². The average Bonchev–Trinajstić information content (AvgIpc) is 2.68. The maximum absolute atomic E-state index is 12.5. The summed E-state index contributed by atoms with van der Waals surface area (Å²) < 4.78 is 5.69. The number of hydrogen-bond donors (Lipinski definition) is 2. The van der Waals surface area contributed by atoms with Gasteiger partial charge in [0, 0.05) is 17.3 Å². The summed E-state index contributed by atoms with van der Waals surface area (Å²) in [5.74, 6) is 0.389. The Kier molecular flexibility index (Phi) is 6.69. The third kappa shape index (κ3) is 5.35. The second-order valence-electron chi connectivity index (χ2n) is 7.45. The zero-order chi connectivity index (χ0) is 19.9. The number of rotatable bonds is 6. The van der Waals surface area contributed by atoms with E-state index < -0.39 is 0 Å². The summed E-state index contributed by atoms with van der Waals surface area (Å²) in [6.07, 6.45) is 5.66. The Bertz CT molecular complexity index is 821. The molecule has 1 aliphatic rings. The van der Waals surface area contributed by atoms with Gasteiger partial charge >= 0.3 is 0 Å². The topological polar surface area (TPSA) is 67.4 Å². The Balaban J connectivity index is 1.56. The zero-order valence-corrected chi connectivity index (χ0v) is 16.6. The first kappa shape index (κ1) is 19.9. The molecular formula is C23H28N2O3. The average molecular weight is 380 g/mol. The molecule has 28 heavy (non-hydrogen) atoms. The second-order valence-corrected chi connectivity index (χ2v) is 7.45. The van der Waals surface area contributed by atoms with Crippen molar-refractivity contribution in [3.05, 3.63) is 59.2 Å². The summed E-state index contributed by atoms with van der Waals surface area (Å²) in [5, 5.41) is 5.90. The highest BCUT2D eigenvalue weighted by molar-refractivity contribution is 5.97. The molecule has 3 rings (SSSR count). The summed E-state index contributed by atoms with van der Waals surface area (Å²) >= 11 is 0. The lowest BCUT2D eigenvalue weighted by Gasteiger charge is -2.22. The molecule has 0 heterocycles. The molecule has 0 radical (unpaired) electrons. The van der Waals surface area contributed by atoms with Crippen LogP contribution >= 0.6 is 0 Å². The van der Waals surface area contributed by atoms with Gasteiger partial charge in [-0.05, 0) is 56.0 Å². The van der Waals surface area contributed by atoms with Crippen LogP contribution in [0.4, 0.5) is 5.69 Å². The van der Waals surface area contributed by atoms with Crippen molar-refractivity contribution in [1.29, 1.82) is 0 Å². The molecule has 1 saturated carbocycles. The summed E-state index contributed by atoms with van der Waals surface area (Å²) in [5.41, 5.74) is 3.13. The summed E-state index contributed by atoms with van der Waals surface area (Å²) in [7, 11) is 0. The predicted molar refractivity (Wildman–Crippen MR) is 111 cm³/mol. The van der Waals surface area contributed by atoms with Crippen LogP contribution in [0.2, 0.25) is 0 Å². The fourth-order valence-electron chi connectivity index (χ4n) is 3.62. The van der Waals surface area contributed by atoms with Crippen LogP contribution in [0.5, 0.6) is 5.75 Å². The molecule has 1 aliphatic carbocycles. The monoisotopic (exact) mass is 380 g/mol. The SMILES string of the molecule is Cc1cccc(C)c1OCC(=O)Nc1cccc(C(=O)NC2CCCCC2)c1. The van der Waals surface area contributed by atoms with Gasteiger partial charge in [-0.15, -0.1) is 0 Å². The number of nitrogens with one attached hydrogen (secondary N) is 2. The minimum Gasteiger partial charge on any atom is -0.483 e. The van der Waals surface area contributed by atoms with E-state index in [4.69, 9.17) is 4.74 Å². The molecule has 2 aromatic rings. The number of carbonyl (C=O) groups is 2. The third-order valence-electron chi connectivity index (χ3n) is 5.11. The van der Waals surface area contributed by atoms with Gasteiger partial charge < -0.3 is 15.4 Å². The Hall–Kier alpha value is -2.82. The van der Waals surface area contributed by atoms with Gasteiger partial charge in [0.1, 0.15) is 5.75 Å². The van der Waals surface area contributed by atoms with Gasteiger partial charge in [-0.2, -0.15) is 0 Å². The molecule has 0 unspecified atom stereocenters. The van der Waals surface area contributed by atoms with Crippen molar-refractivity contribution in [2.24, 2.45) is 0 Å².